The highest BCUT2D eigenvalue weighted by Gasteiger charge is 2.08. The van der Waals surface area contributed by atoms with Crippen molar-refractivity contribution in [2.75, 3.05) is 13.1 Å². The number of carbonyl (C=O) groups excluding carboxylic acids is 1. The number of aromatic carboxylic acids is 1. The van der Waals surface area contributed by atoms with Crippen LogP contribution in [0.2, 0.25) is 0 Å². The Hall–Kier alpha value is -1.39. The molecular weight excluding hydrogens is 216 g/mol. The van der Waals surface area contributed by atoms with Crippen molar-refractivity contribution in [2.24, 2.45) is 0 Å². The van der Waals surface area contributed by atoms with Crippen molar-refractivity contribution >= 4 is 5.97 Å². The van der Waals surface area contributed by atoms with Crippen LogP contribution in [0.1, 0.15) is 28.8 Å². The molecular formula is C13H20N2O2. The fourth-order valence-corrected chi connectivity index (χ4v) is 1.61. The second-order valence-electron chi connectivity index (χ2n) is 4.37. The maximum absolute atomic E-state index is 10.2. The molecule has 4 nitrogen and oxygen atoms in total. The van der Waals surface area contributed by atoms with E-state index in [0.29, 0.717) is 6.04 Å². The Labute approximate surface area is 102 Å². The summed E-state index contributed by atoms with van der Waals surface area (Å²) >= 11 is 0. The number of nitrogens with one attached hydrogen (secondary N) is 1. The molecule has 1 atom stereocenters. The largest absolute Gasteiger partial charge is 0.545 e. The SMILES string of the molecule is Cc1ccc(C(=O)[O-])cc1.[NH3+]C1CCCNC1. The second-order valence-corrected chi connectivity index (χ2v) is 4.37. The highest BCUT2D eigenvalue weighted by molar-refractivity contribution is 5.85. The Morgan fingerprint density at radius 1 is 1.41 bits per heavy atom. The summed E-state index contributed by atoms with van der Waals surface area (Å²) in [5, 5.41) is 13.5. The molecule has 17 heavy (non-hydrogen) atoms. The van der Waals surface area contributed by atoms with Crippen LogP contribution in [0.5, 0.6) is 0 Å². The van der Waals surface area contributed by atoms with E-state index in [2.05, 4.69) is 11.1 Å². The fourth-order valence-electron chi connectivity index (χ4n) is 1.61. The number of benzene rings is 1. The van der Waals surface area contributed by atoms with Gasteiger partial charge in [-0.25, -0.2) is 0 Å². The number of hydrogen-bond acceptors (Lipinski definition) is 3. The van der Waals surface area contributed by atoms with Crippen LogP contribution in [0.25, 0.3) is 0 Å². The van der Waals surface area contributed by atoms with Gasteiger partial charge in [0.1, 0.15) is 0 Å². The summed E-state index contributed by atoms with van der Waals surface area (Å²) in [6.07, 6.45) is 2.63. The lowest BCUT2D eigenvalue weighted by molar-refractivity contribution is -0.421. The minimum absolute atomic E-state index is 0.227. The molecule has 0 saturated carbocycles. The third kappa shape index (κ3) is 5.47. The number of carboxylic acid groups (broad SMARTS) is 1. The van der Waals surface area contributed by atoms with Gasteiger partial charge in [-0.05, 0) is 25.5 Å². The zero-order valence-electron chi connectivity index (χ0n) is 10.2. The smallest absolute Gasteiger partial charge is 0.0970 e. The summed E-state index contributed by atoms with van der Waals surface area (Å²) in [6, 6.07) is 7.22. The third-order valence-corrected chi connectivity index (χ3v) is 2.69. The van der Waals surface area contributed by atoms with Crippen molar-refractivity contribution in [3.63, 3.8) is 0 Å². The van der Waals surface area contributed by atoms with E-state index in [0.717, 1.165) is 12.1 Å². The molecule has 1 heterocycles. The van der Waals surface area contributed by atoms with Gasteiger partial charge >= 0.3 is 0 Å². The maximum Gasteiger partial charge on any atom is 0.0970 e. The van der Waals surface area contributed by atoms with E-state index < -0.39 is 5.97 Å². The molecule has 4 heteroatoms. The molecule has 0 bridgehead atoms. The molecule has 0 aliphatic carbocycles. The first kappa shape index (κ1) is 13.7. The molecule has 1 aliphatic heterocycles. The third-order valence-electron chi connectivity index (χ3n) is 2.69. The molecule has 1 aromatic rings. The first-order valence-electron chi connectivity index (χ1n) is 5.91. The summed E-state index contributed by atoms with van der Waals surface area (Å²) in [6.45, 7) is 4.23. The van der Waals surface area contributed by atoms with Crippen LogP contribution < -0.4 is 16.2 Å². The number of aryl methyl sites for hydroxylation is 1. The molecule has 2 rings (SSSR count). The molecule has 0 aromatic heterocycles. The number of rotatable bonds is 1. The van der Waals surface area contributed by atoms with Crippen LogP contribution in [0.3, 0.4) is 0 Å². The zero-order chi connectivity index (χ0) is 12.7. The lowest BCUT2D eigenvalue weighted by Gasteiger charge is -2.14. The van der Waals surface area contributed by atoms with Gasteiger partial charge in [0.25, 0.3) is 0 Å². The summed E-state index contributed by atoms with van der Waals surface area (Å²) in [7, 11) is 0. The zero-order valence-corrected chi connectivity index (χ0v) is 10.2. The molecule has 1 fully saturated rings. The van der Waals surface area contributed by atoms with Crippen LogP contribution in [0.4, 0.5) is 0 Å². The fraction of sp³-hybridized carbons (Fsp3) is 0.462. The number of hydrogen-bond donors (Lipinski definition) is 2. The van der Waals surface area contributed by atoms with Crippen LogP contribution in [0.15, 0.2) is 24.3 Å². The summed E-state index contributed by atoms with van der Waals surface area (Å²) in [5.41, 5.74) is 5.21. The number of piperidine rings is 1. The van der Waals surface area contributed by atoms with Crippen molar-refractivity contribution in [1.82, 2.24) is 5.32 Å². The average Bonchev–Trinajstić information content (AvgIpc) is 2.31. The van der Waals surface area contributed by atoms with Crippen LogP contribution in [0, 0.1) is 6.92 Å². The highest BCUT2D eigenvalue weighted by atomic mass is 16.4. The Bertz CT molecular complexity index is 343. The van der Waals surface area contributed by atoms with Crippen LogP contribution >= 0.6 is 0 Å². The van der Waals surface area contributed by atoms with Gasteiger partial charge in [0.05, 0.1) is 12.0 Å². The molecule has 1 aliphatic rings. The van der Waals surface area contributed by atoms with Crippen LogP contribution in [-0.2, 0) is 0 Å². The molecule has 94 valence electrons. The van der Waals surface area contributed by atoms with Gasteiger partial charge in [0.15, 0.2) is 0 Å². The minimum Gasteiger partial charge on any atom is -0.545 e. The number of quaternary nitrogens is 1. The van der Waals surface area contributed by atoms with E-state index in [-0.39, 0.29) is 5.56 Å². The van der Waals surface area contributed by atoms with Crippen molar-refractivity contribution in [2.45, 2.75) is 25.8 Å². The minimum atomic E-state index is -1.12. The molecule has 0 spiro atoms. The van der Waals surface area contributed by atoms with Gasteiger partial charge in [-0.2, -0.15) is 0 Å². The molecule has 0 radical (unpaired) electrons. The summed E-state index contributed by atoms with van der Waals surface area (Å²) in [4.78, 5) is 10.2. The predicted molar refractivity (Wildman–Crippen MR) is 64.3 cm³/mol. The predicted octanol–water partition coefficient (Wildman–Crippen LogP) is -0.661. The lowest BCUT2D eigenvalue weighted by atomic mass is 10.1. The van der Waals surface area contributed by atoms with Gasteiger partial charge in [0.2, 0.25) is 0 Å². The Balaban J connectivity index is 0.000000181. The molecule has 0 amide bonds. The monoisotopic (exact) mass is 236 g/mol. The van der Waals surface area contributed by atoms with E-state index in [4.69, 9.17) is 0 Å². The topological polar surface area (TPSA) is 79.8 Å². The van der Waals surface area contributed by atoms with Crippen LogP contribution in [-0.4, -0.2) is 25.1 Å². The van der Waals surface area contributed by atoms with E-state index in [9.17, 15) is 9.90 Å². The number of carboxylic acids is 1. The lowest BCUT2D eigenvalue weighted by Crippen LogP contribution is -2.66. The van der Waals surface area contributed by atoms with E-state index in [1.165, 1.54) is 31.5 Å². The van der Waals surface area contributed by atoms with Crippen molar-refractivity contribution in [3.05, 3.63) is 35.4 Å². The summed E-state index contributed by atoms with van der Waals surface area (Å²) < 4.78 is 0. The van der Waals surface area contributed by atoms with Crippen molar-refractivity contribution in [3.8, 4) is 0 Å². The second kappa shape index (κ2) is 7.04. The normalized spacial score (nSPS) is 19.1. The van der Waals surface area contributed by atoms with E-state index in [1.54, 1.807) is 12.1 Å². The summed E-state index contributed by atoms with van der Waals surface area (Å²) in [5.74, 6) is -1.12. The standard InChI is InChI=1S/C8H8O2.C5H12N2/c1-6-2-4-7(5-3-6)8(9)10;6-5-2-1-3-7-4-5/h2-5H,1H3,(H,9,10);5,7H,1-4,6H2. The van der Waals surface area contributed by atoms with Crippen molar-refractivity contribution in [1.29, 1.82) is 0 Å². The van der Waals surface area contributed by atoms with E-state index >= 15 is 0 Å². The van der Waals surface area contributed by atoms with E-state index in [1.807, 2.05) is 6.92 Å². The van der Waals surface area contributed by atoms with Gasteiger partial charge in [-0.15, -0.1) is 0 Å². The Morgan fingerprint density at radius 3 is 2.41 bits per heavy atom. The average molecular weight is 236 g/mol. The van der Waals surface area contributed by atoms with Crippen molar-refractivity contribution < 1.29 is 15.6 Å². The Kier molecular flexibility index (Phi) is 5.66. The molecule has 1 saturated heterocycles. The molecule has 1 aromatic carbocycles. The number of carbonyl (C=O) groups is 1. The molecule has 1 unspecified atom stereocenters. The first-order valence-corrected chi connectivity index (χ1v) is 5.91. The maximum atomic E-state index is 10.2. The Morgan fingerprint density at radius 2 is 2.06 bits per heavy atom. The van der Waals surface area contributed by atoms with Gasteiger partial charge in [-0.3, -0.25) is 0 Å². The molecule has 4 N–H and O–H groups in total. The quantitative estimate of drug-likeness (QED) is 0.679. The van der Waals surface area contributed by atoms with Gasteiger partial charge < -0.3 is 21.0 Å². The van der Waals surface area contributed by atoms with Gasteiger partial charge in [0, 0.05) is 13.0 Å². The highest BCUT2D eigenvalue weighted by Crippen LogP contribution is 2.00. The first-order chi connectivity index (χ1) is 8.09. The van der Waals surface area contributed by atoms with Gasteiger partial charge in [-0.1, -0.05) is 29.8 Å².